The molecule has 2 amide bonds. The quantitative estimate of drug-likeness (QED) is 0.839. The molecular weight excluding hydrogens is 382 g/mol. The van der Waals surface area contributed by atoms with Crippen LogP contribution in [-0.4, -0.2) is 67.0 Å². The van der Waals surface area contributed by atoms with E-state index < -0.39 is 6.10 Å². The van der Waals surface area contributed by atoms with Crippen LogP contribution >= 0.6 is 0 Å². The van der Waals surface area contributed by atoms with Gasteiger partial charge < -0.3 is 19.7 Å². The van der Waals surface area contributed by atoms with E-state index in [0.717, 1.165) is 16.8 Å². The molecule has 2 aliphatic rings. The highest BCUT2D eigenvalue weighted by Gasteiger charge is 2.32. The molecule has 2 aliphatic heterocycles. The first kappa shape index (κ1) is 20.2. The fraction of sp³-hybridized carbons (Fsp3) is 0.391. The van der Waals surface area contributed by atoms with Crippen LogP contribution in [0.3, 0.4) is 0 Å². The van der Waals surface area contributed by atoms with Gasteiger partial charge in [0.25, 0.3) is 5.91 Å². The van der Waals surface area contributed by atoms with E-state index in [1.165, 1.54) is 0 Å². The summed E-state index contributed by atoms with van der Waals surface area (Å²) < 4.78 is 11.5. The molecule has 2 aromatic rings. The number of aryl methyl sites for hydroxylation is 2. The topological polar surface area (TPSA) is 71.1 Å². The van der Waals surface area contributed by atoms with Crippen molar-refractivity contribution in [2.24, 2.45) is 0 Å². The summed E-state index contributed by atoms with van der Waals surface area (Å²) in [6.07, 6.45) is -0.626. The lowest BCUT2D eigenvalue weighted by atomic mass is 10.1. The van der Waals surface area contributed by atoms with Crippen molar-refractivity contribution in [2.75, 3.05) is 44.6 Å². The van der Waals surface area contributed by atoms with Crippen LogP contribution in [0.2, 0.25) is 0 Å². The number of ether oxygens (including phenoxy) is 2. The van der Waals surface area contributed by atoms with Crippen molar-refractivity contribution in [3.63, 3.8) is 0 Å². The largest absolute Gasteiger partial charge is 0.485 e. The Kier molecular flexibility index (Phi) is 5.90. The first-order chi connectivity index (χ1) is 14.5. The van der Waals surface area contributed by atoms with Crippen molar-refractivity contribution in [2.45, 2.75) is 20.0 Å². The lowest BCUT2D eigenvalue weighted by Gasteiger charge is -2.36. The van der Waals surface area contributed by atoms with Gasteiger partial charge >= 0.3 is 0 Å². The summed E-state index contributed by atoms with van der Waals surface area (Å²) in [6, 6.07) is 13.4. The second kappa shape index (κ2) is 8.75. The molecule has 0 bridgehead atoms. The number of hydrogen-bond acceptors (Lipinski definition) is 5. The number of fused-ring (bicyclic) bond motifs is 1. The maximum Gasteiger partial charge on any atom is 0.267 e. The molecule has 1 saturated heterocycles. The molecule has 4 rings (SSSR count). The Morgan fingerprint density at radius 3 is 2.37 bits per heavy atom. The maximum absolute atomic E-state index is 12.8. The van der Waals surface area contributed by atoms with Gasteiger partial charge in [0.05, 0.1) is 6.54 Å². The highest BCUT2D eigenvalue weighted by Crippen LogP contribution is 2.31. The second-order valence-corrected chi connectivity index (χ2v) is 7.89. The zero-order valence-corrected chi connectivity index (χ0v) is 17.4. The standard InChI is InChI=1S/C23H27N3O4/c1-16-11-17(2)13-18(12-16)24-22(27)14-25-7-9-26(10-8-25)23(28)21-15-29-19-5-3-4-6-20(19)30-21/h3-6,11-13,21H,7-10,14-15H2,1-2H3,(H,24,27)/t21-/m0/s1. The van der Waals surface area contributed by atoms with Crippen molar-refractivity contribution < 1.29 is 19.1 Å². The lowest BCUT2D eigenvalue weighted by molar-refractivity contribution is -0.143. The molecular formula is C23H27N3O4. The van der Waals surface area contributed by atoms with E-state index >= 15 is 0 Å². The summed E-state index contributed by atoms with van der Waals surface area (Å²) in [6.45, 7) is 6.98. The summed E-state index contributed by atoms with van der Waals surface area (Å²) in [7, 11) is 0. The number of carbonyl (C=O) groups excluding carboxylic acids is 2. The van der Waals surface area contributed by atoms with E-state index in [0.29, 0.717) is 44.2 Å². The van der Waals surface area contributed by atoms with Crippen molar-refractivity contribution in [3.8, 4) is 11.5 Å². The summed E-state index contributed by atoms with van der Waals surface area (Å²) >= 11 is 0. The van der Waals surface area contributed by atoms with Crippen LogP contribution in [0.4, 0.5) is 5.69 Å². The van der Waals surface area contributed by atoms with Gasteiger partial charge in [0.15, 0.2) is 11.5 Å². The number of carbonyl (C=O) groups is 2. The van der Waals surface area contributed by atoms with Crippen LogP contribution in [-0.2, 0) is 9.59 Å². The molecule has 1 atom stereocenters. The van der Waals surface area contributed by atoms with Crippen molar-refractivity contribution in [3.05, 3.63) is 53.6 Å². The zero-order chi connectivity index (χ0) is 21.1. The van der Waals surface area contributed by atoms with Crippen molar-refractivity contribution >= 4 is 17.5 Å². The van der Waals surface area contributed by atoms with Crippen LogP contribution < -0.4 is 14.8 Å². The monoisotopic (exact) mass is 409 g/mol. The summed E-state index contributed by atoms with van der Waals surface area (Å²) in [5.41, 5.74) is 3.06. The van der Waals surface area contributed by atoms with Crippen molar-refractivity contribution in [1.82, 2.24) is 9.80 Å². The third-order valence-electron chi connectivity index (χ3n) is 5.34. The number of rotatable bonds is 4. The van der Waals surface area contributed by atoms with Crippen LogP contribution in [0, 0.1) is 13.8 Å². The highest BCUT2D eigenvalue weighted by atomic mass is 16.6. The Labute approximate surface area is 176 Å². The minimum Gasteiger partial charge on any atom is -0.485 e. The van der Waals surface area contributed by atoms with E-state index in [1.54, 1.807) is 11.0 Å². The molecule has 0 spiro atoms. The fourth-order valence-electron chi connectivity index (χ4n) is 3.92. The van der Waals surface area contributed by atoms with Gasteiger partial charge in [0, 0.05) is 31.9 Å². The van der Waals surface area contributed by atoms with E-state index in [1.807, 2.05) is 44.2 Å². The number of anilines is 1. The number of amides is 2. The summed E-state index contributed by atoms with van der Waals surface area (Å²) in [4.78, 5) is 29.1. The average molecular weight is 409 g/mol. The average Bonchev–Trinajstić information content (AvgIpc) is 2.72. The first-order valence-electron chi connectivity index (χ1n) is 10.3. The molecule has 1 N–H and O–H groups in total. The Morgan fingerprint density at radius 2 is 1.67 bits per heavy atom. The molecule has 1 fully saturated rings. The zero-order valence-electron chi connectivity index (χ0n) is 17.4. The van der Waals surface area contributed by atoms with Crippen LogP contribution in [0.25, 0.3) is 0 Å². The maximum atomic E-state index is 12.8. The molecule has 7 nitrogen and oxygen atoms in total. The first-order valence-corrected chi connectivity index (χ1v) is 10.3. The Hall–Kier alpha value is -3.06. The Bertz CT molecular complexity index is 918. The smallest absolute Gasteiger partial charge is 0.267 e. The molecule has 0 aliphatic carbocycles. The van der Waals surface area contributed by atoms with Gasteiger partial charge in [0.1, 0.15) is 6.61 Å². The van der Waals surface area contributed by atoms with Gasteiger partial charge in [-0.25, -0.2) is 0 Å². The molecule has 7 heteroatoms. The van der Waals surface area contributed by atoms with Gasteiger partial charge in [0.2, 0.25) is 12.0 Å². The number of piperazine rings is 1. The van der Waals surface area contributed by atoms with Crippen molar-refractivity contribution in [1.29, 1.82) is 0 Å². The highest BCUT2D eigenvalue weighted by molar-refractivity contribution is 5.92. The lowest BCUT2D eigenvalue weighted by Crippen LogP contribution is -2.54. The number of nitrogens with one attached hydrogen (secondary N) is 1. The van der Waals surface area contributed by atoms with Gasteiger partial charge in [-0.15, -0.1) is 0 Å². The third kappa shape index (κ3) is 4.74. The Morgan fingerprint density at radius 1 is 1.00 bits per heavy atom. The van der Waals surface area contributed by atoms with Crippen LogP contribution in [0.1, 0.15) is 11.1 Å². The van der Waals surface area contributed by atoms with E-state index in [4.69, 9.17) is 9.47 Å². The SMILES string of the molecule is Cc1cc(C)cc(NC(=O)CN2CCN(C(=O)[C@@H]3COc4ccccc4O3)CC2)c1. The molecule has 0 aromatic heterocycles. The normalized spacial score (nSPS) is 18.7. The number of benzene rings is 2. The van der Waals surface area contributed by atoms with E-state index in [2.05, 4.69) is 16.3 Å². The molecule has 0 unspecified atom stereocenters. The van der Waals surface area contributed by atoms with Gasteiger partial charge in [-0.3, -0.25) is 14.5 Å². The minimum atomic E-state index is -0.626. The molecule has 30 heavy (non-hydrogen) atoms. The number of nitrogens with zero attached hydrogens (tertiary/aromatic N) is 2. The molecule has 2 aromatic carbocycles. The molecule has 0 radical (unpaired) electrons. The third-order valence-corrected chi connectivity index (χ3v) is 5.34. The molecule has 0 saturated carbocycles. The number of hydrogen-bond donors (Lipinski definition) is 1. The predicted octanol–water partition coefficient (Wildman–Crippen LogP) is 2.23. The fourth-order valence-corrected chi connectivity index (χ4v) is 3.92. The van der Waals surface area contributed by atoms with Gasteiger partial charge in [-0.05, 0) is 49.2 Å². The minimum absolute atomic E-state index is 0.0413. The molecule has 2 heterocycles. The Balaban J connectivity index is 1.25. The van der Waals surface area contributed by atoms with Crippen LogP contribution in [0.15, 0.2) is 42.5 Å². The number of para-hydroxylation sites is 2. The summed E-state index contributed by atoms with van der Waals surface area (Å²) in [5, 5.41) is 2.97. The van der Waals surface area contributed by atoms with Gasteiger partial charge in [-0.1, -0.05) is 18.2 Å². The van der Waals surface area contributed by atoms with Crippen LogP contribution in [0.5, 0.6) is 11.5 Å². The van der Waals surface area contributed by atoms with Gasteiger partial charge in [-0.2, -0.15) is 0 Å². The van der Waals surface area contributed by atoms with E-state index in [9.17, 15) is 9.59 Å². The predicted molar refractivity (Wildman–Crippen MR) is 114 cm³/mol. The molecule has 158 valence electrons. The summed E-state index contributed by atoms with van der Waals surface area (Å²) in [5.74, 6) is 1.16. The van der Waals surface area contributed by atoms with E-state index in [-0.39, 0.29) is 18.4 Å². The second-order valence-electron chi connectivity index (χ2n) is 7.89.